The first-order chi connectivity index (χ1) is 13.6. The normalized spacial score (nSPS) is 10.9. The highest BCUT2D eigenvalue weighted by Gasteiger charge is 2.10. The van der Waals surface area contributed by atoms with Gasteiger partial charge in [-0.1, -0.05) is 17.3 Å². The summed E-state index contributed by atoms with van der Waals surface area (Å²) >= 11 is 0. The molecule has 3 rings (SSSR count). The van der Waals surface area contributed by atoms with Gasteiger partial charge in [0, 0.05) is 6.54 Å². The van der Waals surface area contributed by atoms with E-state index in [0.717, 1.165) is 23.8 Å². The molecule has 0 unspecified atom stereocenters. The van der Waals surface area contributed by atoms with Crippen molar-refractivity contribution in [2.24, 2.45) is 0 Å². The van der Waals surface area contributed by atoms with Crippen LogP contribution in [-0.4, -0.2) is 42.3 Å². The number of ether oxygens (including phenoxy) is 3. The van der Waals surface area contributed by atoms with Gasteiger partial charge in [-0.2, -0.15) is 4.98 Å². The van der Waals surface area contributed by atoms with Crippen molar-refractivity contribution in [3.8, 4) is 17.2 Å². The first kappa shape index (κ1) is 19.7. The van der Waals surface area contributed by atoms with E-state index < -0.39 is 0 Å². The smallest absolute Gasteiger partial charge is 0.240 e. The van der Waals surface area contributed by atoms with Crippen molar-refractivity contribution in [2.75, 3.05) is 27.3 Å². The van der Waals surface area contributed by atoms with Gasteiger partial charge in [0.05, 0.1) is 13.7 Å². The topological polar surface area (TPSA) is 69.9 Å². The van der Waals surface area contributed by atoms with Gasteiger partial charge < -0.3 is 18.7 Å². The highest BCUT2D eigenvalue weighted by molar-refractivity contribution is 5.31. The molecule has 3 aromatic rings. The minimum atomic E-state index is 0.246. The molecule has 1 heterocycles. The molecule has 1 aromatic heterocycles. The maximum absolute atomic E-state index is 5.77. The molecule has 0 amide bonds. The number of aryl methyl sites for hydroxylation is 1. The van der Waals surface area contributed by atoms with Gasteiger partial charge in [-0.25, -0.2) is 0 Å². The summed E-state index contributed by atoms with van der Waals surface area (Å²) in [7, 11) is 3.61. The van der Waals surface area contributed by atoms with Gasteiger partial charge in [-0.15, -0.1) is 0 Å². The SMILES string of the molecule is COc1ccc(OCc2noc(CN(C)CCOc3cccc(C)c3)n2)cc1. The number of methoxy groups -OCH3 is 1. The van der Waals surface area contributed by atoms with E-state index in [4.69, 9.17) is 18.7 Å². The van der Waals surface area contributed by atoms with Crippen molar-refractivity contribution in [3.63, 3.8) is 0 Å². The standard InChI is InChI=1S/C21H25N3O4/c1-16-5-4-6-19(13-16)26-12-11-24(2)14-21-22-20(23-28-21)15-27-18-9-7-17(25-3)8-10-18/h4-10,13H,11-12,14-15H2,1-3H3. The molecule has 0 aliphatic carbocycles. The second-order valence-corrected chi connectivity index (χ2v) is 6.47. The lowest BCUT2D eigenvalue weighted by molar-refractivity contribution is 0.212. The van der Waals surface area contributed by atoms with Crippen molar-refractivity contribution in [2.45, 2.75) is 20.1 Å². The van der Waals surface area contributed by atoms with Crippen molar-refractivity contribution in [3.05, 3.63) is 65.8 Å². The van der Waals surface area contributed by atoms with Crippen molar-refractivity contribution in [1.29, 1.82) is 0 Å². The fraction of sp³-hybridized carbons (Fsp3) is 0.333. The predicted molar refractivity (Wildman–Crippen MR) is 105 cm³/mol. The van der Waals surface area contributed by atoms with Crippen LogP contribution in [0.25, 0.3) is 0 Å². The fourth-order valence-electron chi connectivity index (χ4n) is 2.57. The third-order valence-corrected chi connectivity index (χ3v) is 4.07. The number of hydrogen-bond donors (Lipinski definition) is 0. The molecule has 0 aliphatic rings. The van der Waals surface area contributed by atoms with Gasteiger partial charge in [0.25, 0.3) is 0 Å². The molecule has 7 heteroatoms. The number of nitrogens with zero attached hydrogens (tertiary/aromatic N) is 3. The van der Waals surface area contributed by atoms with Gasteiger partial charge in [0.2, 0.25) is 11.7 Å². The zero-order valence-corrected chi connectivity index (χ0v) is 16.4. The molecule has 0 saturated heterocycles. The van der Waals surface area contributed by atoms with E-state index in [9.17, 15) is 0 Å². The average molecular weight is 383 g/mol. The van der Waals surface area contributed by atoms with E-state index >= 15 is 0 Å². The molecular formula is C21H25N3O4. The summed E-state index contributed by atoms with van der Waals surface area (Å²) in [5, 5.41) is 3.96. The predicted octanol–water partition coefficient (Wildman–Crippen LogP) is 3.48. The zero-order chi connectivity index (χ0) is 19.8. The summed E-state index contributed by atoms with van der Waals surface area (Å²) in [6, 6.07) is 15.4. The molecule has 0 radical (unpaired) electrons. The molecule has 0 N–H and O–H groups in total. The third-order valence-electron chi connectivity index (χ3n) is 4.07. The van der Waals surface area contributed by atoms with Crippen LogP contribution in [-0.2, 0) is 13.2 Å². The molecule has 0 atom stereocenters. The Balaban J connectivity index is 1.40. The molecule has 148 valence electrons. The monoisotopic (exact) mass is 383 g/mol. The largest absolute Gasteiger partial charge is 0.497 e. The zero-order valence-electron chi connectivity index (χ0n) is 16.4. The number of likely N-dealkylation sites (N-methyl/N-ethyl adjacent to an activating group) is 1. The van der Waals surface area contributed by atoms with Crippen LogP contribution in [0, 0.1) is 6.92 Å². The van der Waals surface area contributed by atoms with Crippen LogP contribution in [0.1, 0.15) is 17.3 Å². The Morgan fingerprint density at radius 1 is 1.00 bits per heavy atom. The lowest BCUT2D eigenvalue weighted by atomic mass is 10.2. The second kappa shape index (κ2) is 9.75. The molecule has 0 saturated carbocycles. The molecular weight excluding hydrogens is 358 g/mol. The Morgan fingerprint density at radius 3 is 2.54 bits per heavy atom. The highest BCUT2D eigenvalue weighted by atomic mass is 16.5. The van der Waals surface area contributed by atoms with E-state index in [1.165, 1.54) is 5.56 Å². The van der Waals surface area contributed by atoms with Crippen LogP contribution >= 0.6 is 0 Å². The Morgan fingerprint density at radius 2 is 1.79 bits per heavy atom. The quantitative estimate of drug-likeness (QED) is 0.531. The van der Waals surface area contributed by atoms with Crippen LogP contribution in [0.3, 0.4) is 0 Å². The number of benzene rings is 2. The lowest BCUT2D eigenvalue weighted by Gasteiger charge is -2.14. The summed E-state index contributed by atoms with van der Waals surface area (Å²) in [5.74, 6) is 3.44. The van der Waals surface area contributed by atoms with Crippen LogP contribution in [0.15, 0.2) is 53.1 Å². The number of hydrogen-bond acceptors (Lipinski definition) is 7. The van der Waals surface area contributed by atoms with Gasteiger partial charge >= 0.3 is 0 Å². The van der Waals surface area contributed by atoms with E-state index in [1.807, 2.05) is 62.5 Å². The maximum Gasteiger partial charge on any atom is 0.240 e. The van der Waals surface area contributed by atoms with Gasteiger partial charge in [-0.3, -0.25) is 4.90 Å². The van der Waals surface area contributed by atoms with Crippen LogP contribution in [0.2, 0.25) is 0 Å². The lowest BCUT2D eigenvalue weighted by Crippen LogP contribution is -2.24. The fourth-order valence-corrected chi connectivity index (χ4v) is 2.57. The summed E-state index contributed by atoms with van der Waals surface area (Å²) in [6.45, 7) is 4.17. The van der Waals surface area contributed by atoms with Gasteiger partial charge in [0.1, 0.15) is 23.9 Å². The van der Waals surface area contributed by atoms with Crippen molar-refractivity contribution < 1.29 is 18.7 Å². The first-order valence-electron chi connectivity index (χ1n) is 9.09. The molecule has 7 nitrogen and oxygen atoms in total. The van der Waals surface area contributed by atoms with Gasteiger partial charge in [0.15, 0.2) is 6.61 Å². The van der Waals surface area contributed by atoms with Crippen LogP contribution in [0.4, 0.5) is 0 Å². The van der Waals surface area contributed by atoms with E-state index in [2.05, 4.69) is 15.0 Å². The minimum Gasteiger partial charge on any atom is -0.497 e. The number of rotatable bonds is 10. The highest BCUT2D eigenvalue weighted by Crippen LogP contribution is 2.18. The van der Waals surface area contributed by atoms with E-state index in [1.54, 1.807) is 7.11 Å². The molecule has 0 spiro atoms. The molecule has 0 bridgehead atoms. The summed E-state index contributed by atoms with van der Waals surface area (Å²) in [4.78, 5) is 6.43. The Bertz CT molecular complexity index is 864. The molecule has 0 fully saturated rings. The Labute approximate surface area is 164 Å². The Kier molecular flexibility index (Phi) is 6.86. The van der Waals surface area contributed by atoms with E-state index in [-0.39, 0.29) is 6.61 Å². The van der Waals surface area contributed by atoms with Crippen LogP contribution in [0.5, 0.6) is 17.2 Å². The molecule has 0 aliphatic heterocycles. The van der Waals surface area contributed by atoms with Gasteiger partial charge in [-0.05, 0) is 55.9 Å². The first-order valence-corrected chi connectivity index (χ1v) is 9.09. The average Bonchev–Trinajstić information content (AvgIpc) is 3.14. The maximum atomic E-state index is 5.77. The number of aromatic nitrogens is 2. The van der Waals surface area contributed by atoms with E-state index in [0.29, 0.717) is 24.9 Å². The summed E-state index contributed by atoms with van der Waals surface area (Å²) in [6.07, 6.45) is 0. The Hall–Kier alpha value is -3.06. The van der Waals surface area contributed by atoms with Crippen LogP contribution < -0.4 is 14.2 Å². The summed E-state index contributed by atoms with van der Waals surface area (Å²) < 4.78 is 21.8. The van der Waals surface area contributed by atoms with Crippen molar-refractivity contribution >= 4 is 0 Å². The summed E-state index contributed by atoms with van der Waals surface area (Å²) in [5.41, 5.74) is 1.18. The van der Waals surface area contributed by atoms with Crippen molar-refractivity contribution in [1.82, 2.24) is 15.0 Å². The molecule has 2 aromatic carbocycles. The molecule has 28 heavy (non-hydrogen) atoms. The minimum absolute atomic E-state index is 0.246. The third kappa shape index (κ3) is 5.99. The second-order valence-electron chi connectivity index (χ2n) is 6.47.